The minimum atomic E-state index is -1.35. The van der Waals surface area contributed by atoms with Gasteiger partial charge in [0.2, 0.25) is 29.4 Å². The Balaban J connectivity index is 1.56. The summed E-state index contributed by atoms with van der Waals surface area (Å²) in [5.41, 5.74) is 5.92. The number of imide groups is 1. The number of rotatable bonds is 15. The van der Waals surface area contributed by atoms with Crippen LogP contribution in [0.5, 0.6) is 0 Å². The number of likely N-dealkylation sites (tertiary alicyclic amines) is 2. The number of hydrogen-bond acceptors (Lipinski definition) is 9. The van der Waals surface area contributed by atoms with Crippen LogP contribution in [0, 0.1) is 23.2 Å². The van der Waals surface area contributed by atoms with Gasteiger partial charge in [-0.25, -0.2) is 0 Å². The number of nitrogens with one attached hydrogen (secondary N) is 3. The highest BCUT2D eigenvalue weighted by Crippen LogP contribution is 2.35. The van der Waals surface area contributed by atoms with Gasteiger partial charge in [-0.05, 0) is 69.1 Å². The first kappa shape index (κ1) is 38.6. The Bertz CT molecular complexity index is 1260. The van der Waals surface area contributed by atoms with Gasteiger partial charge in [0.1, 0.15) is 6.04 Å². The molecule has 2 saturated heterocycles. The van der Waals surface area contributed by atoms with Crippen LogP contribution in [-0.2, 0) is 28.8 Å². The van der Waals surface area contributed by atoms with E-state index in [2.05, 4.69) is 16.0 Å². The SMILES string of the molecule is CC(C)=CC1C[C@@H](C(=O)NC(CC2CC2)C(=O)C(N)=O)N(C(=O)[C@@H](NC(O)N[C@H](CN2C(=O)CCCC2=O)C(C)(C)C)C2CCCCC2)C1. The highest BCUT2D eigenvalue weighted by atomic mass is 16.3. The lowest BCUT2D eigenvalue weighted by molar-refractivity contribution is -0.149. The van der Waals surface area contributed by atoms with Gasteiger partial charge in [-0.3, -0.25) is 44.3 Å². The molecule has 4 fully saturated rings. The van der Waals surface area contributed by atoms with Gasteiger partial charge >= 0.3 is 0 Å². The van der Waals surface area contributed by atoms with Crippen molar-refractivity contribution in [1.29, 1.82) is 0 Å². The summed E-state index contributed by atoms with van der Waals surface area (Å²) < 4.78 is 0. The molecule has 0 aromatic rings. The zero-order valence-electron chi connectivity index (χ0n) is 30.0. The Hall–Kier alpha value is -3.16. The van der Waals surface area contributed by atoms with Crippen LogP contribution in [0.15, 0.2) is 11.6 Å². The van der Waals surface area contributed by atoms with Crippen molar-refractivity contribution in [3.8, 4) is 0 Å². The number of primary amides is 1. The van der Waals surface area contributed by atoms with Gasteiger partial charge in [0.05, 0.1) is 12.1 Å². The molecular formula is C36H58N6O7. The number of piperidine rings is 1. The van der Waals surface area contributed by atoms with E-state index >= 15 is 0 Å². The van der Waals surface area contributed by atoms with Crippen molar-refractivity contribution in [1.82, 2.24) is 25.8 Å². The summed E-state index contributed by atoms with van der Waals surface area (Å²) in [4.78, 5) is 81.0. The summed E-state index contributed by atoms with van der Waals surface area (Å²) in [6, 6.07) is -3.23. The number of carbonyl (C=O) groups is 6. The summed E-state index contributed by atoms with van der Waals surface area (Å²) in [6.45, 7) is 10.2. The number of nitrogens with two attached hydrogens (primary N) is 1. The maximum Gasteiger partial charge on any atom is 0.287 e. The molecule has 13 heteroatoms. The molecule has 2 heterocycles. The van der Waals surface area contributed by atoms with E-state index in [0.29, 0.717) is 32.1 Å². The number of amides is 5. The molecule has 0 radical (unpaired) electrons. The second-order valence-corrected chi connectivity index (χ2v) is 16.0. The predicted molar refractivity (Wildman–Crippen MR) is 183 cm³/mol. The molecule has 0 spiro atoms. The van der Waals surface area contributed by atoms with Crippen LogP contribution < -0.4 is 21.7 Å². The van der Waals surface area contributed by atoms with Crippen molar-refractivity contribution in [2.75, 3.05) is 13.1 Å². The van der Waals surface area contributed by atoms with E-state index in [-0.39, 0.29) is 48.6 Å². The summed E-state index contributed by atoms with van der Waals surface area (Å²) >= 11 is 0. The smallest absolute Gasteiger partial charge is 0.287 e. The minimum Gasteiger partial charge on any atom is -0.365 e. The van der Waals surface area contributed by atoms with Crippen molar-refractivity contribution in [2.45, 2.75) is 142 Å². The van der Waals surface area contributed by atoms with Crippen LogP contribution in [-0.4, -0.2) is 93.8 Å². The van der Waals surface area contributed by atoms with Gasteiger partial charge < -0.3 is 21.1 Å². The summed E-state index contributed by atoms with van der Waals surface area (Å²) in [6.07, 6.45) is 8.82. The third-order valence-electron chi connectivity index (χ3n) is 10.5. The lowest BCUT2D eigenvalue weighted by Gasteiger charge is -2.40. The Morgan fingerprint density at radius 3 is 2.14 bits per heavy atom. The topological polar surface area (TPSA) is 191 Å². The Morgan fingerprint density at radius 2 is 1.59 bits per heavy atom. The average Bonchev–Trinajstić information content (AvgIpc) is 3.75. The van der Waals surface area contributed by atoms with Crippen molar-refractivity contribution in [2.24, 2.45) is 28.9 Å². The molecule has 0 bridgehead atoms. The van der Waals surface area contributed by atoms with Gasteiger partial charge in [-0.15, -0.1) is 0 Å². The third kappa shape index (κ3) is 10.7. The highest BCUT2D eigenvalue weighted by molar-refractivity contribution is 6.37. The van der Waals surface area contributed by atoms with Crippen LogP contribution in [0.1, 0.15) is 112 Å². The average molecular weight is 687 g/mol. The molecule has 2 aliphatic heterocycles. The number of carbonyl (C=O) groups excluding carboxylic acids is 6. The molecule has 2 aliphatic carbocycles. The molecule has 274 valence electrons. The summed E-state index contributed by atoms with van der Waals surface area (Å²) in [7, 11) is 0. The number of ketones is 1. The molecule has 6 N–H and O–H groups in total. The van der Waals surface area contributed by atoms with E-state index in [4.69, 9.17) is 5.73 Å². The van der Waals surface area contributed by atoms with Gasteiger partial charge in [0.15, 0.2) is 6.35 Å². The molecule has 3 unspecified atom stereocenters. The lowest BCUT2D eigenvalue weighted by Crippen LogP contribution is -2.63. The second kappa shape index (κ2) is 16.7. The maximum atomic E-state index is 14.6. The quantitative estimate of drug-likeness (QED) is 0.0741. The first-order valence-corrected chi connectivity index (χ1v) is 18.2. The van der Waals surface area contributed by atoms with E-state index in [0.717, 1.165) is 50.5 Å². The molecule has 2 saturated carbocycles. The lowest BCUT2D eigenvalue weighted by atomic mass is 9.83. The first-order chi connectivity index (χ1) is 23.0. The van der Waals surface area contributed by atoms with Crippen LogP contribution in [0.25, 0.3) is 0 Å². The Labute approximate surface area is 290 Å². The van der Waals surface area contributed by atoms with Crippen molar-refractivity contribution in [3.63, 3.8) is 0 Å². The van der Waals surface area contributed by atoms with E-state index < -0.39 is 53.5 Å². The van der Waals surface area contributed by atoms with Gasteiger partial charge in [0, 0.05) is 32.0 Å². The first-order valence-electron chi connectivity index (χ1n) is 18.2. The molecule has 0 aromatic carbocycles. The standard InChI is InChI=1S/C36H58N6O7/c1-21(2)16-23-18-26(33(47)38-25(17-22-14-15-22)31(45)32(37)46)41(19-23)34(48)30(24-10-7-6-8-11-24)40-35(49)39-27(36(3,4)5)20-42-28(43)12-9-13-29(42)44/h16,22-27,30,35,39-40,49H,6-15,17-20H2,1-5H3,(H2,37,46)(H,38,47)/t23?,25?,26-,27+,30-,35?/m0/s1. The van der Waals surface area contributed by atoms with Crippen LogP contribution >= 0.6 is 0 Å². The Morgan fingerprint density at radius 1 is 0.959 bits per heavy atom. The largest absolute Gasteiger partial charge is 0.365 e. The number of aliphatic hydroxyl groups excluding tert-OH is 1. The molecule has 0 aromatic heterocycles. The van der Waals surface area contributed by atoms with E-state index in [1.165, 1.54) is 4.90 Å². The van der Waals surface area contributed by atoms with Crippen molar-refractivity contribution < 1.29 is 33.9 Å². The molecule has 49 heavy (non-hydrogen) atoms. The monoisotopic (exact) mass is 686 g/mol. The van der Waals surface area contributed by atoms with E-state index in [1.807, 2.05) is 40.7 Å². The number of allylic oxidation sites excluding steroid dienone is 1. The fourth-order valence-corrected chi connectivity index (χ4v) is 7.54. The zero-order valence-corrected chi connectivity index (χ0v) is 30.0. The summed E-state index contributed by atoms with van der Waals surface area (Å²) in [5, 5.41) is 20.5. The Kier molecular flexibility index (Phi) is 13.2. The number of aliphatic hydroxyl groups is 1. The van der Waals surface area contributed by atoms with Crippen LogP contribution in [0.4, 0.5) is 0 Å². The molecule has 13 nitrogen and oxygen atoms in total. The number of nitrogens with zero attached hydrogens (tertiary/aromatic N) is 2. The van der Waals surface area contributed by atoms with E-state index in [9.17, 15) is 33.9 Å². The van der Waals surface area contributed by atoms with Gasteiger partial charge in [0.25, 0.3) is 5.91 Å². The molecule has 6 atom stereocenters. The van der Waals surface area contributed by atoms with Crippen molar-refractivity contribution >= 4 is 35.3 Å². The van der Waals surface area contributed by atoms with Crippen molar-refractivity contribution in [3.05, 3.63) is 11.6 Å². The second-order valence-electron chi connectivity index (χ2n) is 16.0. The van der Waals surface area contributed by atoms with E-state index in [1.54, 1.807) is 4.90 Å². The number of Topliss-reactive ketones (excluding diaryl/α,β-unsaturated/α-hetero) is 1. The molecule has 5 amide bonds. The summed E-state index contributed by atoms with van der Waals surface area (Å²) in [5.74, 6) is -3.16. The van der Waals surface area contributed by atoms with Gasteiger partial charge in [-0.1, -0.05) is 64.5 Å². The molecular weight excluding hydrogens is 628 g/mol. The van der Waals surface area contributed by atoms with Gasteiger partial charge in [-0.2, -0.15) is 0 Å². The molecule has 4 aliphatic rings. The number of hydrogen-bond donors (Lipinski definition) is 5. The third-order valence-corrected chi connectivity index (χ3v) is 10.5. The predicted octanol–water partition coefficient (Wildman–Crippen LogP) is 1.87. The van der Waals surface area contributed by atoms with Crippen LogP contribution in [0.2, 0.25) is 0 Å². The fraction of sp³-hybridized carbons (Fsp3) is 0.778. The fourth-order valence-electron chi connectivity index (χ4n) is 7.54. The molecule has 4 rings (SSSR count). The normalized spacial score (nSPS) is 24.6. The zero-order chi connectivity index (χ0) is 36.0. The maximum absolute atomic E-state index is 14.6. The highest BCUT2D eigenvalue weighted by Gasteiger charge is 2.45. The van der Waals surface area contributed by atoms with Crippen LogP contribution in [0.3, 0.4) is 0 Å². The minimum absolute atomic E-state index is 0.0900.